The summed E-state index contributed by atoms with van der Waals surface area (Å²) in [5, 5.41) is 10.7. The second-order valence-corrected chi connectivity index (χ2v) is 7.26. The van der Waals surface area contributed by atoms with Gasteiger partial charge in [-0.05, 0) is 69.0 Å². The zero-order valence-corrected chi connectivity index (χ0v) is 13.2. The summed E-state index contributed by atoms with van der Waals surface area (Å²) in [5.74, 6) is 1.91. The maximum Gasteiger partial charge on any atom is 0.183 e. The van der Waals surface area contributed by atoms with Crippen molar-refractivity contribution in [2.24, 2.45) is 23.0 Å². The lowest BCUT2D eigenvalue weighted by Gasteiger charge is -2.39. The molecule has 0 aliphatic heterocycles. The van der Waals surface area contributed by atoms with Crippen LogP contribution in [0.3, 0.4) is 0 Å². The van der Waals surface area contributed by atoms with Gasteiger partial charge in [-0.15, -0.1) is 0 Å². The third kappa shape index (κ3) is 1.82. The van der Waals surface area contributed by atoms with E-state index in [2.05, 4.69) is 31.9 Å². The standard InChI is InChI=1S/C13H17Br2NO2/c14-9-4-10(18-12(9)15)11(17)13(6-16)5-7-1-2-8(13)3-7/h4,7-8,11,17H,1-3,5-6,16H2. The molecule has 4 atom stereocenters. The topological polar surface area (TPSA) is 59.4 Å². The Balaban J connectivity index is 1.92. The van der Waals surface area contributed by atoms with Crippen LogP contribution < -0.4 is 5.73 Å². The lowest BCUT2D eigenvalue weighted by atomic mass is 9.68. The summed E-state index contributed by atoms with van der Waals surface area (Å²) in [6.45, 7) is 0.533. The number of furan rings is 1. The van der Waals surface area contributed by atoms with E-state index in [0.29, 0.717) is 22.9 Å². The maximum atomic E-state index is 10.7. The van der Waals surface area contributed by atoms with Crippen molar-refractivity contribution >= 4 is 31.9 Å². The molecule has 0 radical (unpaired) electrons. The molecule has 2 aliphatic carbocycles. The molecule has 0 aromatic carbocycles. The fourth-order valence-corrected chi connectivity index (χ4v) is 4.57. The van der Waals surface area contributed by atoms with Gasteiger partial charge in [0.05, 0.1) is 4.47 Å². The molecule has 5 heteroatoms. The van der Waals surface area contributed by atoms with Gasteiger partial charge in [-0.25, -0.2) is 0 Å². The van der Waals surface area contributed by atoms with E-state index in [0.717, 1.165) is 16.8 Å². The Morgan fingerprint density at radius 2 is 2.28 bits per heavy atom. The van der Waals surface area contributed by atoms with Crippen LogP contribution in [0, 0.1) is 17.3 Å². The van der Waals surface area contributed by atoms with Crippen molar-refractivity contribution in [2.75, 3.05) is 6.54 Å². The average molecular weight is 379 g/mol. The summed E-state index contributed by atoms with van der Waals surface area (Å²) in [5.41, 5.74) is 5.83. The van der Waals surface area contributed by atoms with E-state index in [1.165, 1.54) is 19.3 Å². The third-order valence-corrected chi connectivity index (χ3v) is 6.59. The van der Waals surface area contributed by atoms with Crippen LogP contribution in [0.15, 0.2) is 19.6 Å². The van der Waals surface area contributed by atoms with Crippen LogP contribution in [0.5, 0.6) is 0 Å². The number of fused-ring (bicyclic) bond motifs is 2. The zero-order chi connectivity index (χ0) is 12.9. The third-order valence-electron chi connectivity index (χ3n) is 4.88. The first-order valence-corrected chi connectivity index (χ1v) is 7.98. The van der Waals surface area contributed by atoms with E-state index in [-0.39, 0.29) is 5.41 Å². The van der Waals surface area contributed by atoms with Crippen LogP contribution in [-0.2, 0) is 0 Å². The van der Waals surface area contributed by atoms with Gasteiger partial charge in [-0.1, -0.05) is 6.42 Å². The van der Waals surface area contributed by atoms with Crippen LogP contribution >= 0.6 is 31.9 Å². The number of halogens is 2. The average Bonchev–Trinajstić information content (AvgIpc) is 3.04. The van der Waals surface area contributed by atoms with Crippen LogP contribution in [-0.4, -0.2) is 11.7 Å². The summed E-state index contributed by atoms with van der Waals surface area (Å²) in [6, 6.07) is 1.85. The second kappa shape index (κ2) is 4.62. The highest BCUT2D eigenvalue weighted by Crippen LogP contribution is 2.60. The highest BCUT2D eigenvalue weighted by Gasteiger charge is 2.55. The first-order valence-electron chi connectivity index (χ1n) is 6.39. The number of nitrogens with two attached hydrogens (primary N) is 1. The summed E-state index contributed by atoms with van der Waals surface area (Å²) in [4.78, 5) is 0. The van der Waals surface area contributed by atoms with E-state index in [1.807, 2.05) is 6.07 Å². The van der Waals surface area contributed by atoms with Crippen molar-refractivity contribution < 1.29 is 9.52 Å². The Morgan fingerprint density at radius 1 is 1.50 bits per heavy atom. The Kier molecular flexibility index (Phi) is 3.37. The lowest BCUT2D eigenvalue weighted by molar-refractivity contribution is -0.0264. The minimum absolute atomic E-state index is 0.181. The molecule has 2 fully saturated rings. The monoisotopic (exact) mass is 377 g/mol. The molecule has 0 amide bonds. The van der Waals surface area contributed by atoms with E-state index >= 15 is 0 Å². The van der Waals surface area contributed by atoms with Crippen molar-refractivity contribution in [2.45, 2.75) is 31.8 Å². The minimum atomic E-state index is -0.597. The minimum Gasteiger partial charge on any atom is -0.450 e. The van der Waals surface area contributed by atoms with Crippen LogP contribution in [0.1, 0.15) is 37.5 Å². The molecule has 0 saturated heterocycles. The Hall–Kier alpha value is 0.160. The molecule has 1 aromatic heterocycles. The number of rotatable bonds is 3. The Bertz CT molecular complexity index is 442. The molecule has 18 heavy (non-hydrogen) atoms. The lowest BCUT2D eigenvalue weighted by Crippen LogP contribution is -2.41. The summed E-state index contributed by atoms with van der Waals surface area (Å²) >= 11 is 6.71. The van der Waals surface area contributed by atoms with E-state index in [9.17, 15) is 5.11 Å². The molecular weight excluding hydrogens is 362 g/mol. The number of aliphatic hydroxyl groups excluding tert-OH is 1. The van der Waals surface area contributed by atoms with Gasteiger partial charge in [0.1, 0.15) is 11.9 Å². The molecule has 0 spiro atoms. The van der Waals surface area contributed by atoms with Gasteiger partial charge in [0.25, 0.3) is 0 Å². The van der Waals surface area contributed by atoms with Gasteiger partial charge in [0.2, 0.25) is 0 Å². The van der Waals surface area contributed by atoms with Gasteiger partial charge in [-0.2, -0.15) is 0 Å². The molecule has 100 valence electrons. The molecule has 2 bridgehead atoms. The Labute approximate surface area is 123 Å². The fraction of sp³-hybridized carbons (Fsp3) is 0.692. The van der Waals surface area contributed by atoms with Gasteiger partial charge in [0.15, 0.2) is 4.67 Å². The van der Waals surface area contributed by atoms with Crippen LogP contribution in [0.25, 0.3) is 0 Å². The zero-order valence-electron chi connectivity index (χ0n) is 10.0. The van der Waals surface area contributed by atoms with Crippen LogP contribution in [0.2, 0.25) is 0 Å². The number of hydrogen-bond acceptors (Lipinski definition) is 3. The van der Waals surface area contributed by atoms with E-state index < -0.39 is 6.10 Å². The van der Waals surface area contributed by atoms with E-state index in [1.54, 1.807) is 0 Å². The predicted molar refractivity (Wildman–Crippen MR) is 76.0 cm³/mol. The number of aliphatic hydroxyl groups is 1. The van der Waals surface area contributed by atoms with Crippen molar-refractivity contribution in [1.29, 1.82) is 0 Å². The fourth-order valence-electron chi connectivity index (χ4n) is 3.96. The van der Waals surface area contributed by atoms with Crippen molar-refractivity contribution in [3.8, 4) is 0 Å². The number of hydrogen-bond donors (Lipinski definition) is 2. The highest BCUT2D eigenvalue weighted by molar-refractivity contribution is 9.13. The molecule has 2 saturated carbocycles. The predicted octanol–water partition coefficient (Wildman–Crippen LogP) is 3.60. The molecular formula is C13H17Br2NO2. The first-order chi connectivity index (χ1) is 8.56. The Morgan fingerprint density at radius 3 is 2.72 bits per heavy atom. The molecule has 3 nitrogen and oxygen atoms in total. The smallest absolute Gasteiger partial charge is 0.183 e. The molecule has 3 N–H and O–H groups in total. The van der Waals surface area contributed by atoms with Gasteiger partial charge < -0.3 is 15.3 Å². The summed E-state index contributed by atoms with van der Waals surface area (Å²) < 4.78 is 7.06. The molecule has 3 rings (SSSR count). The van der Waals surface area contributed by atoms with Crippen molar-refractivity contribution in [1.82, 2.24) is 0 Å². The summed E-state index contributed by atoms with van der Waals surface area (Å²) in [6.07, 6.45) is 4.15. The first kappa shape index (κ1) is 13.2. The molecule has 1 aromatic rings. The van der Waals surface area contributed by atoms with Crippen LogP contribution in [0.4, 0.5) is 0 Å². The normalized spacial score (nSPS) is 36.2. The maximum absolute atomic E-state index is 10.7. The van der Waals surface area contributed by atoms with Gasteiger partial charge >= 0.3 is 0 Å². The second-order valence-electron chi connectivity index (χ2n) is 5.69. The van der Waals surface area contributed by atoms with Gasteiger partial charge in [-0.3, -0.25) is 0 Å². The van der Waals surface area contributed by atoms with Gasteiger partial charge in [0, 0.05) is 12.0 Å². The SMILES string of the molecule is NCC1(C(O)c2cc(Br)c(Br)o2)CC2CCC1C2. The molecule has 1 heterocycles. The van der Waals surface area contributed by atoms with Crippen molar-refractivity contribution in [3.05, 3.63) is 21.0 Å². The van der Waals surface area contributed by atoms with E-state index in [4.69, 9.17) is 10.2 Å². The molecule has 4 unspecified atom stereocenters. The largest absolute Gasteiger partial charge is 0.450 e. The summed E-state index contributed by atoms with van der Waals surface area (Å²) in [7, 11) is 0. The molecule has 2 aliphatic rings. The quantitative estimate of drug-likeness (QED) is 0.844. The van der Waals surface area contributed by atoms with Crippen molar-refractivity contribution in [3.63, 3.8) is 0 Å². The highest BCUT2D eigenvalue weighted by atomic mass is 79.9.